The molecule has 7 heteroatoms. The largest absolute Gasteiger partial charge is 1.00 e. The first-order valence-corrected chi connectivity index (χ1v) is 22.8. The zero-order valence-corrected chi connectivity index (χ0v) is 29.9. The van der Waals surface area contributed by atoms with Gasteiger partial charge in [0.05, 0.1) is 0 Å². The molecule has 0 unspecified atom stereocenters. The van der Waals surface area contributed by atoms with Crippen LogP contribution in [0.1, 0.15) is 0 Å². The Morgan fingerprint density at radius 1 is 0.326 bits per heavy atom. The van der Waals surface area contributed by atoms with Crippen LogP contribution in [0.4, 0.5) is 0 Å². The summed E-state index contributed by atoms with van der Waals surface area (Å²) >= 11 is 2.05. The smallest absolute Gasteiger partial charge is 1.00 e. The van der Waals surface area contributed by atoms with Gasteiger partial charge in [-0.15, -0.1) is 0 Å². The van der Waals surface area contributed by atoms with Crippen LogP contribution >= 0.6 is 28.2 Å². The number of hydrogen-bond donors (Lipinski definition) is 0. The monoisotopic (exact) mass is 790 g/mol. The second-order valence-electron chi connectivity index (χ2n) is 9.67. The predicted molar refractivity (Wildman–Crippen MR) is 190 cm³/mol. The average Bonchev–Trinajstić information content (AvgIpc) is 3.08. The van der Waals surface area contributed by atoms with E-state index in [4.69, 9.17) is 7.52 Å². The van der Waals surface area contributed by atoms with E-state index in [1.54, 1.807) is 0 Å². The third-order valence-electron chi connectivity index (χ3n) is 7.16. The molecule has 0 radical (unpaired) electrons. The van der Waals surface area contributed by atoms with Crippen molar-refractivity contribution in [3.05, 3.63) is 182 Å². The fourth-order valence-electron chi connectivity index (χ4n) is 5.26. The molecule has 214 valence electrons. The van der Waals surface area contributed by atoms with Crippen LogP contribution in [0.25, 0.3) is 0 Å². The standard InChI is InChI=1S/C36H30BrN2P2Se.BrH/c37-42(38-40(31-19-7-1-8-20-31,32-21-9-2-10-22-32)33-23-11-3-12-24-33)39-41(34-25-13-4-14-26-34,35-27-15-5-16-28-35)36-29-17-6-18-30-36;/h1-30H;1H/q+1;/p-1. The summed E-state index contributed by atoms with van der Waals surface area (Å²) in [6.07, 6.45) is 0. The van der Waals surface area contributed by atoms with Crippen molar-refractivity contribution in [2.24, 2.45) is 7.52 Å². The van der Waals surface area contributed by atoms with Crippen molar-refractivity contribution in [1.82, 2.24) is 0 Å². The van der Waals surface area contributed by atoms with E-state index in [-0.39, 0.29) is 17.0 Å². The Kier molecular flexibility index (Phi) is 10.9. The maximum atomic E-state index is 5.89. The van der Waals surface area contributed by atoms with E-state index in [1.807, 2.05) is 0 Å². The zero-order valence-electron chi connectivity index (χ0n) is 23.3. The molecule has 0 aliphatic carbocycles. The molecule has 0 spiro atoms. The Bertz CT molecular complexity index is 1500. The van der Waals surface area contributed by atoms with Gasteiger partial charge in [-0.3, -0.25) is 0 Å². The maximum Gasteiger partial charge on any atom is -1.00 e. The summed E-state index contributed by atoms with van der Waals surface area (Å²) in [6, 6.07) is 64.8. The summed E-state index contributed by atoms with van der Waals surface area (Å²) in [5, 5.41) is 7.38. The first-order chi connectivity index (χ1) is 20.7. The molecule has 6 aromatic rings. The van der Waals surface area contributed by atoms with Crippen LogP contribution in [0.5, 0.6) is 0 Å². The second kappa shape index (κ2) is 14.8. The van der Waals surface area contributed by atoms with Crippen LogP contribution in [0, 0.1) is 0 Å². The van der Waals surface area contributed by atoms with Crippen molar-refractivity contribution in [2.75, 3.05) is 0 Å². The summed E-state index contributed by atoms with van der Waals surface area (Å²) in [5.41, 5.74) is 0. The molecule has 6 rings (SSSR count). The first kappa shape index (κ1) is 31.7. The van der Waals surface area contributed by atoms with E-state index in [0.717, 1.165) is 0 Å². The van der Waals surface area contributed by atoms with Crippen LogP contribution in [-0.4, -0.2) is 12.5 Å². The molecule has 0 aliphatic heterocycles. The van der Waals surface area contributed by atoms with Gasteiger partial charge in [0, 0.05) is 0 Å². The van der Waals surface area contributed by atoms with Crippen molar-refractivity contribution in [2.45, 2.75) is 0 Å². The molecule has 0 fully saturated rings. The van der Waals surface area contributed by atoms with Crippen LogP contribution in [0.3, 0.4) is 0 Å². The molecule has 0 atom stereocenters. The van der Waals surface area contributed by atoms with Gasteiger partial charge in [-0.05, 0) is 0 Å². The quantitative estimate of drug-likeness (QED) is 0.158. The number of hydrogen-bond acceptors (Lipinski definition) is 2. The van der Waals surface area contributed by atoms with Gasteiger partial charge in [0.1, 0.15) is 0 Å². The fourth-order valence-corrected chi connectivity index (χ4v) is 24.5. The van der Waals surface area contributed by atoms with Gasteiger partial charge in [-0.25, -0.2) is 0 Å². The molecule has 0 aliphatic rings. The average molecular weight is 791 g/mol. The normalized spacial score (nSPS) is 11.4. The van der Waals surface area contributed by atoms with Crippen molar-refractivity contribution in [3.63, 3.8) is 0 Å². The molecule has 6 aromatic carbocycles. The van der Waals surface area contributed by atoms with Gasteiger partial charge < -0.3 is 17.0 Å². The van der Waals surface area contributed by atoms with E-state index >= 15 is 0 Å². The molecule has 0 saturated carbocycles. The summed E-state index contributed by atoms with van der Waals surface area (Å²) < 4.78 is 11.8. The Balaban J connectivity index is 0.00000368. The topological polar surface area (TPSA) is 24.7 Å². The van der Waals surface area contributed by atoms with Crippen molar-refractivity contribution >= 4 is 72.6 Å². The maximum absolute atomic E-state index is 5.89. The van der Waals surface area contributed by atoms with Crippen LogP contribution in [-0.2, 0) is 0 Å². The third kappa shape index (κ3) is 6.54. The molecule has 0 bridgehead atoms. The fraction of sp³-hybridized carbons (Fsp3) is 0. The van der Waals surface area contributed by atoms with E-state index in [0.29, 0.717) is 0 Å². The molecular weight excluding hydrogens is 761 g/mol. The van der Waals surface area contributed by atoms with E-state index in [2.05, 4.69) is 196 Å². The summed E-state index contributed by atoms with van der Waals surface area (Å²) in [6.45, 7) is 0. The van der Waals surface area contributed by atoms with Crippen LogP contribution in [0.2, 0.25) is 0 Å². The summed E-state index contributed by atoms with van der Waals surface area (Å²) in [4.78, 5) is 0. The van der Waals surface area contributed by atoms with E-state index in [1.165, 1.54) is 31.8 Å². The van der Waals surface area contributed by atoms with Gasteiger partial charge in [-0.1, -0.05) is 0 Å². The van der Waals surface area contributed by atoms with Crippen molar-refractivity contribution in [3.8, 4) is 0 Å². The molecule has 0 heterocycles. The minimum Gasteiger partial charge on any atom is -1.00 e. The van der Waals surface area contributed by atoms with Gasteiger partial charge in [0.25, 0.3) is 0 Å². The van der Waals surface area contributed by atoms with Gasteiger partial charge in [0.2, 0.25) is 0 Å². The molecule has 0 saturated heterocycles. The molecule has 0 N–H and O–H groups in total. The van der Waals surface area contributed by atoms with E-state index in [9.17, 15) is 0 Å². The Labute approximate surface area is 277 Å². The minimum atomic E-state index is -2.41. The Hall–Kier alpha value is -2.74. The Morgan fingerprint density at radius 3 is 0.651 bits per heavy atom. The number of nitrogens with zero attached hydrogens (tertiary/aromatic N) is 2. The third-order valence-corrected chi connectivity index (χ3v) is 23.0. The zero-order chi connectivity index (χ0) is 28.7. The van der Waals surface area contributed by atoms with Gasteiger partial charge >= 0.3 is 262 Å². The molecule has 0 amide bonds. The molecule has 43 heavy (non-hydrogen) atoms. The van der Waals surface area contributed by atoms with Gasteiger partial charge in [0.15, 0.2) is 0 Å². The van der Waals surface area contributed by atoms with Crippen LogP contribution < -0.4 is 48.8 Å². The number of benzene rings is 6. The summed E-state index contributed by atoms with van der Waals surface area (Å²) in [7, 11) is -4.82. The first-order valence-electron chi connectivity index (χ1n) is 13.7. The molecular formula is C36H30Br2N2P2Se. The number of rotatable bonds is 8. The number of halogens is 2. The van der Waals surface area contributed by atoms with E-state index < -0.39 is 26.6 Å². The molecule has 2 nitrogen and oxygen atoms in total. The summed E-state index contributed by atoms with van der Waals surface area (Å²) in [5.74, 6) is 0. The predicted octanol–water partition coefficient (Wildman–Crippen LogP) is 4.73. The minimum absolute atomic E-state index is 0. The van der Waals surface area contributed by atoms with Crippen LogP contribution in [0.15, 0.2) is 190 Å². The Morgan fingerprint density at radius 2 is 0.488 bits per heavy atom. The van der Waals surface area contributed by atoms with Crippen molar-refractivity contribution in [1.29, 1.82) is 0 Å². The SMILES string of the molecule is Br[Se+](N=P(c1ccccc1)(c1ccccc1)c1ccccc1)N=P(c1ccccc1)(c1ccccc1)c1ccccc1.[Br-]. The molecule has 0 aromatic heterocycles. The van der Waals surface area contributed by atoms with Gasteiger partial charge in [-0.2, -0.15) is 0 Å². The van der Waals surface area contributed by atoms with Crippen molar-refractivity contribution < 1.29 is 17.0 Å². The second-order valence-corrected chi connectivity index (χ2v) is 21.6.